The first-order valence-corrected chi connectivity index (χ1v) is 9.55. The molecule has 0 spiro atoms. The van der Waals surface area contributed by atoms with Crippen LogP contribution in [0.15, 0.2) is 33.9 Å². The molecule has 3 aromatic rings. The van der Waals surface area contributed by atoms with Gasteiger partial charge in [-0.2, -0.15) is 4.98 Å². The average Bonchev–Trinajstić information content (AvgIpc) is 3.04. The van der Waals surface area contributed by atoms with E-state index >= 15 is 0 Å². The third-order valence-electron chi connectivity index (χ3n) is 4.60. The molecule has 27 heavy (non-hydrogen) atoms. The molecular formula is C19H23ClN4O3. The van der Waals surface area contributed by atoms with Crippen molar-refractivity contribution in [3.8, 4) is 5.75 Å². The van der Waals surface area contributed by atoms with Crippen molar-refractivity contribution in [1.29, 1.82) is 0 Å². The molecule has 0 aliphatic heterocycles. The maximum atomic E-state index is 12.9. The first-order chi connectivity index (χ1) is 13.0. The number of hydrogen-bond donors (Lipinski definition) is 2. The molecule has 0 aliphatic rings. The Labute approximate surface area is 161 Å². The normalized spacial score (nSPS) is 11.3. The van der Waals surface area contributed by atoms with E-state index in [2.05, 4.69) is 16.9 Å². The Hall–Kier alpha value is -2.54. The number of halogens is 1. The van der Waals surface area contributed by atoms with Gasteiger partial charge in [0.1, 0.15) is 5.75 Å². The van der Waals surface area contributed by atoms with Crippen LogP contribution in [0.25, 0.3) is 11.2 Å². The Balaban J connectivity index is 1.88. The van der Waals surface area contributed by atoms with E-state index in [1.807, 2.05) is 12.1 Å². The SMILES string of the molecule is CCCCCn1c(=O)n(CCCc2ccc(O)cc2)c(=O)c2[nH]c(Cl)nc21. The van der Waals surface area contributed by atoms with Gasteiger partial charge in [0.25, 0.3) is 5.56 Å². The minimum absolute atomic E-state index is 0.104. The second-order valence-electron chi connectivity index (χ2n) is 6.59. The zero-order chi connectivity index (χ0) is 19.4. The molecule has 144 valence electrons. The highest BCUT2D eigenvalue weighted by Gasteiger charge is 2.16. The summed E-state index contributed by atoms with van der Waals surface area (Å²) in [5.74, 6) is 0.214. The largest absolute Gasteiger partial charge is 0.508 e. The summed E-state index contributed by atoms with van der Waals surface area (Å²) in [6.07, 6.45) is 4.19. The molecule has 2 heterocycles. The van der Waals surface area contributed by atoms with Crippen LogP contribution >= 0.6 is 11.6 Å². The van der Waals surface area contributed by atoms with Gasteiger partial charge in [0.15, 0.2) is 11.2 Å². The number of aromatic amines is 1. The number of nitrogens with one attached hydrogen (secondary N) is 1. The number of phenols is 1. The monoisotopic (exact) mass is 390 g/mol. The Bertz CT molecular complexity index is 1030. The van der Waals surface area contributed by atoms with Crippen molar-refractivity contribution in [3.63, 3.8) is 0 Å². The first kappa shape index (κ1) is 19.2. The highest BCUT2D eigenvalue weighted by molar-refractivity contribution is 6.28. The van der Waals surface area contributed by atoms with Gasteiger partial charge in [-0.25, -0.2) is 4.79 Å². The van der Waals surface area contributed by atoms with Gasteiger partial charge in [0.05, 0.1) is 0 Å². The van der Waals surface area contributed by atoms with Crippen LogP contribution in [-0.4, -0.2) is 24.2 Å². The molecule has 0 amide bonds. The number of aryl methyl sites for hydroxylation is 2. The van der Waals surface area contributed by atoms with Gasteiger partial charge < -0.3 is 10.1 Å². The van der Waals surface area contributed by atoms with Crippen molar-refractivity contribution in [2.45, 2.75) is 52.1 Å². The van der Waals surface area contributed by atoms with Gasteiger partial charge in [-0.15, -0.1) is 0 Å². The number of unbranched alkanes of at least 4 members (excludes halogenated alkanes) is 2. The number of hydrogen-bond acceptors (Lipinski definition) is 4. The topological polar surface area (TPSA) is 92.9 Å². The van der Waals surface area contributed by atoms with Gasteiger partial charge in [-0.1, -0.05) is 31.9 Å². The van der Waals surface area contributed by atoms with E-state index in [0.29, 0.717) is 31.6 Å². The van der Waals surface area contributed by atoms with Crippen molar-refractivity contribution in [2.24, 2.45) is 0 Å². The minimum atomic E-state index is -0.396. The maximum Gasteiger partial charge on any atom is 0.332 e. The third-order valence-corrected chi connectivity index (χ3v) is 4.78. The number of imidazole rings is 1. The smallest absolute Gasteiger partial charge is 0.332 e. The highest BCUT2D eigenvalue weighted by atomic mass is 35.5. The molecule has 0 atom stereocenters. The quantitative estimate of drug-likeness (QED) is 0.456. The van der Waals surface area contributed by atoms with E-state index in [1.165, 1.54) is 9.13 Å². The summed E-state index contributed by atoms with van der Waals surface area (Å²) < 4.78 is 2.79. The second-order valence-corrected chi connectivity index (χ2v) is 6.95. The van der Waals surface area contributed by atoms with Crippen molar-refractivity contribution >= 4 is 22.8 Å². The van der Waals surface area contributed by atoms with E-state index in [-0.39, 0.29) is 22.2 Å². The molecule has 2 aromatic heterocycles. The van der Waals surface area contributed by atoms with Crippen molar-refractivity contribution in [1.82, 2.24) is 19.1 Å². The van der Waals surface area contributed by atoms with Crippen LogP contribution in [0.4, 0.5) is 0 Å². The first-order valence-electron chi connectivity index (χ1n) is 9.18. The van der Waals surface area contributed by atoms with E-state index in [4.69, 9.17) is 11.6 Å². The van der Waals surface area contributed by atoms with Crippen LogP contribution < -0.4 is 11.2 Å². The number of H-pyrrole nitrogens is 1. The number of fused-ring (bicyclic) bond motifs is 1. The summed E-state index contributed by atoms with van der Waals surface area (Å²) in [4.78, 5) is 32.5. The van der Waals surface area contributed by atoms with Crippen LogP contribution in [0.1, 0.15) is 38.2 Å². The second kappa shape index (κ2) is 8.43. The van der Waals surface area contributed by atoms with Crippen LogP contribution in [0.5, 0.6) is 5.75 Å². The molecule has 0 saturated heterocycles. The molecule has 7 nitrogen and oxygen atoms in total. The Morgan fingerprint density at radius 2 is 1.78 bits per heavy atom. The zero-order valence-electron chi connectivity index (χ0n) is 15.2. The van der Waals surface area contributed by atoms with Crippen LogP contribution in [0, 0.1) is 0 Å². The molecule has 0 radical (unpaired) electrons. The molecule has 0 fully saturated rings. The molecular weight excluding hydrogens is 368 g/mol. The number of nitrogens with zero attached hydrogens (tertiary/aromatic N) is 3. The lowest BCUT2D eigenvalue weighted by atomic mass is 10.1. The lowest BCUT2D eigenvalue weighted by Gasteiger charge is -2.11. The van der Waals surface area contributed by atoms with Gasteiger partial charge in [-0.05, 0) is 48.6 Å². The molecule has 2 N–H and O–H groups in total. The predicted octanol–water partition coefficient (Wildman–Crippen LogP) is 3.07. The fourth-order valence-corrected chi connectivity index (χ4v) is 3.34. The number of aromatic hydroxyl groups is 1. The van der Waals surface area contributed by atoms with E-state index < -0.39 is 5.56 Å². The zero-order valence-corrected chi connectivity index (χ0v) is 16.0. The van der Waals surface area contributed by atoms with Crippen LogP contribution in [0.2, 0.25) is 5.28 Å². The fraction of sp³-hybridized carbons (Fsp3) is 0.421. The standard InChI is InChI=1S/C19H23ClN4O3/c1-2-3-4-11-23-16-15(21-18(20)22-16)17(26)24(19(23)27)12-5-6-13-7-9-14(25)10-8-13/h7-10,25H,2-6,11-12H2,1H3,(H,21,22). The molecule has 3 rings (SSSR count). The lowest BCUT2D eigenvalue weighted by molar-refractivity contribution is 0.475. The third kappa shape index (κ3) is 4.24. The van der Waals surface area contributed by atoms with Gasteiger partial charge in [0.2, 0.25) is 5.28 Å². The minimum Gasteiger partial charge on any atom is -0.508 e. The summed E-state index contributed by atoms with van der Waals surface area (Å²) in [5.41, 5.74) is 0.876. The van der Waals surface area contributed by atoms with E-state index in [1.54, 1.807) is 12.1 Å². The predicted molar refractivity (Wildman–Crippen MR) is 106 cm³/mol. The summed E-state index contributed by atoms with van der Waals surface area (Å²) in [5, 5.41) is 9.45. The molecule has 0 saturated carbocycles. The van der Waals surface area contributed by atoms with Crippen molar-refractivity contribution < 1.29 is 5.11 Å². The summed E-state index contributed by atoms with van der Waals surface area (Å²) in [6.45, 7) is 2.90. The summed E-state index contributed by atoms with van der Waals surface area (Å²) in [7, 11) is 0. The van der Waals surface area contributed by atoms with E-state index in [9.17, 15) is 14.7 Å². The molecule has 1 aromatic carbocycles. The molecule has 8 heteroatoms. The van der Waals surface area contributed by atoms with E-state index in [0.717, 1.165) is 24.8 Å². The number of aromatic nitrogens is 4. The van der Waals surface area contributed by atoms with Gasteiger partial charge in [0, 0.05) is 13.1 Å². The van der Waals surface area contributed by atoms with Crippen molar-refractivity contribution in [2.75, 3.05) is 0 Å². The summed E-state index contributed by atoms with van der Waals surface area (Å²) in [6, 6.07) is 6.92. The Morgan fingerprint density at radius 3 is 2.48 bits per heavy atom. The maximum absolute atomic E-state index is 12.9. The van der Waals surface area contributed by atoms with Gasteiger partial charge in [-0.3, -0.25) is 13.9 Å². The van der Waals surface area contributed by atoms with Crippen molar-refractivity contribution in [3.05, 3.63) is 56.0 Å². The molecule has 0 bridgehead atoms. The van der Waals surface area contributed by atoms with Gasteiger partial charge >= 0.3 is 5.69 Å². The lowest BCUT2D eigenvalue weighted by Crippen LogP contribution is -2.40. The van der Waals surface area contributed by atoms with Crippen LogP contribution in [-0.2, 0) is 19.5 Å². The Morgan fingerprint density at radius 1 is 1.07 bits per heavy atom. The number of rotatable bonds is 8. The molecule has 0 aliphatic carbocycles. The average molecular weight is 391 g/mol. The van der Waals surface area contributed by atoms with Crippen LogP contribution in [0.3, 0.4) is 0 Å². The Kier molecular flexibility index (Phi) is 6.01. The fourth-order valence-electron chi connectivity index (χ4n) is 3.16. The summed E-state index contributed by atoms with van der Waals surface area (Å²) >= 11 is 5.94. The highest BCUT2D eigenvalue weighted by Crippen LogP contribution is 2.13. The number of phenolic OH excluding ortho intramolecular Hbond substituents is 1. The number of benzene rings is 1. The molecule has 0 unspecified atom stereocenters.